The second-order valence-corrected chi connectivity index (χ2v) is 9.34. The lowest BCUT2D eigenvalue weighted by molar-refractivity contribution is -0.120. The summed E-state index contributed by atoms with van der Waals surface area (Å²) in [6.07, 6.45) is 4.23. The van der Waals surface area contributed by atoms with Crippen molar-refractivity contribution in [2.45, 2.75) is 31.6 Å². The van der Waals surface area contributed by atoms with Gasteiger partial charge < -0.3 is 9.84 Å². The minimum absolute atomic E-state index is 0.0338. The van der Waals surface area contributed by atoms with E-state index in [1.54, 1.807) is 38.4 Å². The van der Waals surface area contributed by atoms with Gasteiger partial charge in [-0.1, -0.05) is 5.16 Å². The van der Waals surface area contributed by atoms with Gasteiger partial charge in [0, 0.05) is 31.2 Å². The van der Waals surface area contributed by atoms with Gasteiger partial charge in [0.25, 0.3) is 0 Å². The van der Waals surface area contributed by atoms with Crippen molar-refractivity contribution < 1.29 is 22.1 Å². The Balaban J connectivity index is 1.48. The Hall–Kier alpha value is -3.05. The van der Waals surface area contributed by atoms with Crippen molar-refractivity contribution in [1.29, 1.82) is 0 Å². The van der Waals surface area contributed by atoms with Gasteiger partial charge in [-0.15, -0.1) is 0 Å². The third kappa shape index (κ3) is 4.10. The van der Waals surface area contributed by atoms with Crippen molar-refractivity contribution in [2.24, 2.45) is 5.92 Å². The van der Waals surface area contributed by atoms with Gasteiger partial charge in [-0.3, -0.25) is 4.79 Å². The topological polar surface area (TPSA) is 110 Å². The van der Waals surface area contributed by atoms with E-state index in [1.807, 2.05) is 0 Å². The van der Waals surface area contributed by atoms with Gasteiger partial charge in [-0.25, -0.2) is 17.5 Å². The number of rotatable bonds is 5. The van der Waals surface area contributed by atoms with Crippen molar-refractivity contribution >= 4 is 21.6 Å². The summed E-state index contributed by atoms with van der Waals surface area (Å²) in [5, 5.41) is 10.4. The Kier molecular flexibility index (Phi) is 5.63. The number of hydrogen-bond donors (Lipinski definition) is 1. The lowest BCUT2D eigenvalue weighted by Crippen LogP contribution is -2.43. The number of nitrogens with one attached hydrogen (secondary N) is 1. The van der Waals surface area contributed by atoms with Gasteiger partial charge in [0.2, 0.25) is 15.9 Å². The molecule has 1 aliphatic rings. The molecule has 164 valence electrons. The first kappa shape index (κ1) is 21.2. The number of piperidine rings is 1. The smallest absolute Gasteiger partial charge is 0.248 e. The zero-order chi connectivity index (χ0) is 22.2. The summed E-state index contributed by atoms with van der Waals surface area (Å²) in [5.41, 5.74) is 0.846. The molecule has 3 heterocycles. The molecule has 1 aromatic carbocycles. The average molecular weight is 447 g/mol. The highest BCUT2D eigenvalue weighted by Gasteiger charge is 2.36. The van der Waals surface area contributed by atoms with E-state index in [1.165, 1.54) is 21.1 Å². The third-order valence-corrected chi connectivity index (χ3v) is 7.40. The zero-order valence-corrected chi connectivity index (χ0v) is 17.9. The zero-order valence-electron chi connectivity index (χ0n) is 17.1. The highest BCUT2D eigenvalue weighted by Crippen LogP contribution is 2.28. The van der Waals surface area contributed by atoms with Crippen molar-refractivity contribution in [1.82, 2.24) is 19.2 Å². The molecule has 1 amide bonds. The third-order valence-electron chi connectivity index (χ3n) is 5.29. The van der Waals surface area contributed by atoms with Crippen LogP contribution in [-0.4, -0.2) is 46.7 Å². The summed E-state index contributed by atoms with van der Waals surface area (Å²) in [7, 11) is -3.83. The van der Waals surface area contributed by atoms with Crippen LogP contribution in [0.4, 0.5) is 10.1 Å². The number of hydrogen-bond acceptors (Lipinski definition) is 6. The van der Waals surface area contributed by atoms with Gasteiger partial charge in [0.15, 0.2) is 11.6 Å². The molecule has 1 unspecified atom stereocenters. The van der Waals surface area contributed by atoms with E-state index in [4.69, 9.17) is 4.52 Å². The van der Waals surface area contributed by atoms with Crippen LogP contribution >= 0.6 is 0 Å². The monoisotopic (exact) mass is 447 g/mol. The second kappa shape index (κ2) is 8.23. The Morgan fingerprint density at radius 1 is 1.32 bits per heavy atom. The quantitative estimate of drug-likeness (QED) is 0.644. The molecule has 1 N–H and O–H groups in total. The number of benzene rings is 1. The van der Waals surface area contributed by atoms with Crippen LogP contribution in [0.3, 0.4) is 0 Å². The largest absolute Gasteiger partial charge is 0.360 e. The van der Waals surface area contributed by atoms with Gasteiger partial charge in [0.1, 0.15) is 16.3 Å². The van der Waals surface area contributed by atoms with Crippen molar-refractivity contribution in [2.75, 3.05) is 18.4 Å². The van der Waals surface area contributed by atoms with E-state index in [0.717, 1.165) is 0 Å². The highest BCUT2D eigenvalue weighted by atomic mass is 32.2. The number of nitrogens with zero attached hydrogens (tertiary/aromatic N) is 4. The van der Waals surface area contributed by atoms with E-state index in [9.17, 15) is 17.6 Å². The maximum atomic E-state index is 14.4. The molecule has 1 aliphatic heterocycles. The number of carbonyl (C=O) groups excluding carboxylic acids is 1. The predicted octanol–water partition coefficient (Wildman–Crippen LogP) is 2.66. The molecule has 0 aliphatic carbocycles. The van der Waals surface area contributed by atoms with Crippen LogP contribution in [0.5, 0.6) is 0 Å². The van der Waals surface area contributed by atoms with Crippen molar-refractivity contribution in [3.05, 3.63) is 53.9 Å². The van der Waals surface area contributed by atoms with Gasteiger partial charge in [-0.05, 0) is 51.0 Å². The molecule has 0 spiro atoms. The number of anilines is 1. The standard InChI is InChI=1S/C20H22FN5O4S/c1-13-19(14(2)30-24-13)31(28,29)25-9-3-5-15(12-25)20(27)23-16-6-7-18(17(21)11-16)26-10-4-8-22-26/h4,6-8,10-11,15H,3,5,9,12H2,1-2H3,(H,23,27). The predicted molar refractivity (Wildman–Crippen MR) is 110 cm³/mol. The van der Waals surface area contributed by atoms with Crippen LogP contribution in [0.2, 0.25) is 0 Å². The summed E-state index contributed by atoms with van der Waals surface area (Å²) < 4.78 is 48.2. The van der Waals surface area contributed by atoms with Crippen LogP contribution in [-0.2, 0) is 14.8 Å². The molecular weight excluding hydrogens is 425 g/mol. The molecule has 31 heavy (non-hydrogen) atoms. The molecule has 1 fully saturated rings. The van der Waals surface area contributed by atoms with E-state index >= 15 is 0 Å². The van der Waals surface area contributed by atoms with Gasteiger partial charge in [0.05, 0.1) is 5.92 Å². The Morgan fingerprint density at radius 3 is 2.77 bits per heavy atom. The molecule has 11 heteroatoms. The first-order chi connectivity index (χ1) is 14.8. The van der Waals surface area contributed by atoms with Gasteiger partial charge in [-0.2, -0.15) is 9.40 Å². The van der Waals surface area contributed by atoms with Crippen LogP contribution < -0.4 is 5.32 Å². The van der Waals surface area contributed by atoms with Gasteiger partial charge >= 0.3 is 0 Å². The molecular formula is C20H22FN5O4S. The Morgan fingerprint density at radius 2 is 2.13 bits per heavy atom. The fraction of sp³-hybridized carbons (Fsp3) is 0.350. The summed E-state index contributed by atoms with van der Waals surface area (Å²) in [5.74, 6) is -1.23. The molecule has 2 aromatic heterocycles. The highest BCUT2D eigenvalue weighted by molar-refractivity contribution is 7.89. The molecule has 0 saturated carbocycles. The summed E-state index contributed by atoms with van der Waals surface area (Å²) in [6.45, 7) is 3.46. The molecule has 4 rings (SSSR count). The summed E-state index contributed by atoms with van der Waals surface area (Å²) >= 11 is 0. The van der Waals surface area contributed by atoms with Crippen molar-refractivity contribution in [3.8, 4) is 5.69 Å². The molecule has 0 bridgehead atoms. The van der Waals surface area contributed by atoms with Crippen LogP contribution in [0, 0.1) is 25.6 Å². The van der Waals surface area contributed by atoms with E-state index < -0.39 is 21.8 Å². The molecule has 0 radical (unpaired) electrons. The van der Waals surface area contributed by atoms with E-state index in [0.29, 0.717) is 25.1 Å². The summed E-state index contributed by atoms with van der Waals surface area (Å²) in [4.78, 5) is 12.8. The fourth-order valence-electron chi connectivity index (χ4n) is 3.77. The number of aryl methyl sites for hydroxylation is 2. The maximum Gasteiger partial charge on any atom is 0.248 e. The first-order valence-corrected chi connectivity index (χ1v) is 11.2. The number of halogens is 1. The van der Waals surface area contributed by atoms with Crippen LogP contribution in [0.25, 0.3) is 5.69 Å². The number of sulfonamides is 1. The van der Waals surface area contributed by atoms with Crippen LogP contribution in [0.1, 0.15) is 24.3 Å². The van der Waals surface area contributed by atoms with Crippen LogP contribution in [0.15, 0.2) is 46.1 Å². The molecule has 1 saturated heterocycles. The van der Waals surface area contributed by atoms with E-state index in [2.05, 4.69) is 15.6 Å². The maximum absolute atomic E-state index is 14.4. The molecule has 1 atom stereocenters. The Labute approximate surface area is 178 Å². The number of carbonyl (C=O) groups is 1. The van der Waals surface area contributed by atoms with Crippen molar-refractivity contribution in [3.63, 3.8) is 0 Å². The summed E-state index contributed by atoms with van der Waals surface area (Å²) in [6, 6.07) is 6.00. The fourth-order valence-corrected chi connectivity index (χ4v) is 5.59. The average Bonchev–Trinajstić information content (AvgIpc) is 3.38. The molecule has 9 nitrogen and oxygen atoms in total. The van der Waals surface area contributed by atoms with E-state index in [-0.39, 0.29) is 34.5 Å². The molecule has 3 aromatic rings. The SMILES string of the molecule is Cc1noc(C)c1S(=O)(=O)N1CCCC(C(=O)Nc2ccc(-n3cccn3)c(F)c2)C1. The Bertz CT molecular complexity index is 1190. The lowest BCUT2D eigenvalue weighted by Gasteiger charge is -2.31. The lowest BCUT2D eigenvalue weighted by atomic mass is 9.98. The second-order valence-electron chi connectivity index (χ2n) is 7.46. The minimum atomic E-state index is -3.83. The number of aromatic nitrogens is 3. The minimum Gasteiger partial charge on any atom is -0.360 e. The first-order valence-electron chi connectivity index (χ1n) is 9.81. The number of amides is 1. The normalized spacial score (nSPS) is 17.6.